The first-order chi connectivity index (χ1) is 4.83. The molecule has 0 aromatic heterocycles. The summed E-state index contributed by atoms with van der Waals surface area (Å²) in [6, 6.07) is 0. The van der Waals surface area contributed by atoms with Crippen LogP contribution in [0, 0.1) is 25.7 Å². The van der Waals surface area contributed by atoms with Crippen LogP contribution in [0.5, 0.6) is 0 Å². The number of hydrogen-bond donors (Lipinski definition) is 0. The van der Waals surface area contributed by atoms with Gasteiger partial charge in [0, 0.05) is 98.1 Å². The van der Waals surface area contributed by atoms with Gasteiger partial charge in [-0.05, 0) is 0 Å². The first-order valence-electron chi connectivity index (χ1n) is 3.62. The zero-order valence-electron chi connectivity index (χ0n) is 11.3. The molecule has 0 aliphatic carbocycles. The van der Waals surface area contributed by atoms with Crippen LogP contribution in [0.15, 0.2) is 0 Å². The maximum absolute atomic E-state index is 10.4. The minimum Gasteiger partial charge on any atom is -0.541 e. The van der Waals surface area contributed by atoms with E-state index in [4.69, 9.17) is 0 Å². The van der Waals surface area contributed by atoms with Crippen LogP contribution >= 0.6 is 0 Å². The van der Waals surface area contributed by atoms with E-state index < -0.39 is 10.8 Å². The summed E-state index contributed by atoms with van der Waals surface area (Å²) in [4.78, 5) is 20.7. The molecule has 0 aliphatic heterocycles. The van der Waals surface area contributed by atoms with Crippen molar-refractivity contribution in [2.45, 2.75) is 34.1 Å². The van der Waals surface area contributed by atoms with Gasteiger partial charge in [-0.25, -0.2) is 0 Å². The van der Waals surface area contributed by atoms with Gasteiger partial charge in [0.1, 0.15) is 0 Å². The van der Waals surface area contributed by atoms with Gasteiger partial charge in [-0.3, -0.25) is 12.6 Å². The fourth-order valence-corrected chi connectivity index (χ4v) is 1.18. The van der Waals surface area contributed by atoms with Gasteiger partial charge in [-0.2, -0.15) is 0 Å². The molecule has 0 rings (SSSR count). The van der Waals surface area contributed by atoms with Gasteiger partial charge in [0.15, 0.2) is 0 Å². The molecule has 0 amide bonds. The Morgan fingerprint density at radius 1 is 0.750 bits per heavy atom. The summed E-state index contributed by atoms with van der Waals surface area (Å²) >= 11 is 0. The third kappa shape index (κ3) is 19.0. The van der Waals surface area contributed by atoms with Crippen molar-refractivity contribution in [3.63, 3.8) is 0 Å². The molecule has 3 radical (unpaired) electrons. The fourth-order valence-electron chi connectivity index (χ4n) is 1.18. The van der Waals surface area contributed by atoms with Crippen LogP contribution in [0.3, 0.4) is 0 Å². The van der Waals surface area contributed by atoms with Crippen LogP contribution < -0.4 is 0 Å². The molecule has 0 heterocycles. The minimum atomic E-state index is -0.541. The number of rotatable bonds is 4. The molecule has 0 aromatic carbocycles. The van der Waals surface area contributed by atoms with E-state index in [1.165, 1.54) is 0 Å². The van der Waals surface area contributed by atoms with Crippen molar-refractivity contribution in [3.8, 4) is 0 Å². The molecule has 0 saturated carbocycles. The standard InChI is InChI=1S/C9H14O2.2CH3.3Y/c1-8(2,6-10)5-9(3,4)7-11;;;;;/h5H2,1-4H3;2*1H3;;;/q-2;2*-1;;;. The van der Waals surface area contributed by atoms with E-state index in [2.05, 4.69) is 0 Å². The molecule has 0 spiro atoms. The van der Waals surface area contributed by atoms with E-state index in [0.29, 0.717) is 6.42 Å². The van der Waals surface area contributed by atoms with Gasteiger partial charge in [0.25, 0.3) is 0 Å². The van der Waals surface area contributed by atoms with Crippen molar-refractivity contribution >= 4 is 12.6 Å². The van der Waals surface area contributed by atoms with Gasteiger partial charge in [-0.15, -0.1) is 10.8 Å². The maximum atomic E-state index is 10.4. The number of hydrogen-bond acceptors (Lipinski definition) is 2. The molecule has 0 atom stereocenters. The van der Waals surface area contributed by atoms with Crippen molar-refractivity contribution in [2.75, 3.05) is 0 Å². The molecule has 0 saturated heterocycles. The molecule has 2 nitrogen and oxygen atoms in total. The van der Waals surface area contributed by atoms with Crippen LogP contribution in [-0.4, -0.2) is 12.6 Å². The Labute approximate surface area is 177 Å². The van der Waals surface area contributed by atoms with Gasteiger partial charge >= 0.3 is 0 Å². The predicted octanol–water partition coefficient (Wildman–Crippen LogP) is 2.54. The largest absolute Gasteiger partial charge is 0.541 e. The fraction of sp³-hybridized carbons (Fsp3) is 0.636. The Kier molecular flexibility index (Phi) is 35.6. The van der Waals surface area contributed by atoms with E-state index in [1.807, 2.05) is 12.6 Å². The summed E-state index contributed by atoms with van der Waals surface area (Å²) in [5.41, 5.74) is -1.08. The van der Waals surface area contributed by atoms with Gasteiger partial charge in [0.2, 0.25) is 0 Å². The molecule has 0 aliphatic rings. The topological polar surface area (TPSA) is 34.1 Å². The SMILES string of the molecule is CC(C)([C-]=O)CC(C)(C)[C-]=O.[CH3-].[CH3-].[Y].[Y].[Y]. The Morgan fingerprint density at radius 2 is 0.938 bits per heavy atom. The first-order valence-corrected chi connectivity index (χ1v) is 3.62. The molecule has 16 heavy (non-hydrogen) atoms. The molecular formula is C11H20O2Y3-4. The van der Waals surface area contributed by atoms with Gasteiger partial charge in [-0.1, -0.05) is 34.1 Å². The molecule has 5 heteroatoms. The Bertz CT molecular complexity index is 151. The second-order valence-electron chi connectivity index (χ2n) is 4.15. The third-order valence-corrected chi connectivity index (χ3v) is 1.44. The summed E-state index contributed by atoms with van der Waals surface area (Å²) in [5, 5.41) is 0. The van der Waals surface area contributed by atoms with Gasteiger partial charge < -0.3 is 24.4 Å². The molecule has 0 bridgehead atoms. The molecular weight excluding hydrogens is 431 g/mol. The summed E-state index contributed by atoms with van der Waals surface area (Å²) in [6.45, 7) is 7.05. The first kappa shape index (κ1) is 36.3. The van der Waals surface area contributed by atoms with Crippen molar-refractivity contribution in [2.24, 2.45) is 10.8 Å². The number of carbonyl (C=O) groups excluding carboxylic acids is 2. The smallest absolute Gasteiger partial charge is 0 e. The second kappa shape index (κ2) is 15.7. The van der Waals surface area contributed by atoms with Crippen molar-refractivity contribution in [1.82, 2.24) is 0 Å². The van der Waals surface area contributed by atoms with E-state index >= 15 is 0 Å². The van der Waals surface area contributed by atoms with Crippen LogP contribution in [-0.2, 0) is 108 Å². The van der Waals surface area contributed by atoms with E-state index in [0.717, 1.165) is 0 Å². The Balaban J connectivity index is -0.0000000500. The van der Waals surface area contributed by atoms with Crippen LogP contribution in [0.1, 0.15) is 34.1 Å². The van der Waals surface area contributed by atoms with Crippen LogP contribution in [0.4, 0.5) is 0 Å². The molecule has 0 aromatic rings. The summed E-state index contributed by atoms with van der Waals surface area (Å²) in [6.07, 6.45) is 4.30. The van der Waals surface area contributed by atoms with Crippen molar-refractivity contribution in [3.05, 3.63) is 14.9 Å². The average molecular weight is 451 g/mol. The summed E-state index contributed by atoms with van der Waals surface area (Å²) in [7, 11) is 0. The molecule has 0 unspecified atom stereocenters. The Morgan fingerprint density at radius 3 is 1.06 bits per heavy atom. The van der Waals surface area contributed by atoms with Crippen molar-refractivity contribution in [1.29, 1.82) is 0 Å². The molecule has 0 N–H and O–H groups in total. The zero-order chi connectivity index (χ0) is 9.12. The quantitative estimate of drug-likeness (QED) is 0.617. The average Bonchev–Trinajstić information content (AvgIpc) is 1.86. The van der Waals surface area contributed by atoms with E-state index in [9.17, 15) is 9.59 Å². The molecule has 89 valence electrons. The zero-order valence-corrected chi connectivity index (χ0v) is 19.8. The van der Waals surface area contributed by atoms with Gasteiger partial charge in [0.05, 0.1) is 0 Å². The second-order valence-corrected chi connectivity index (χ2v) is 4.15. The van der Waals surface area contributed by atoms with Crippen LogP contribution in [0.2, 0.25) is 0 Å². The van der Waals surface area contributed by atoms with E-state index in [-0.39, 0.29) is 113 Å². The Hall–Kier alpha value is 2.65. The normalized spacial score (nSPS) is 8.75. The maximum Gasteiger partial charge on any atom is 0 e. The molecule has 0 fully saturated rings. The predicted molar refractivity (Wildman–Crippen MR) is 56.4 cm³/mol. The monoisotopic (exact) mass is 451 g/mol. The summed E-state index contributed by atoms with van der Waals surface area (Å²) in [5.74, 6) is 0. The van der Waals surface area contributed by atoms with Crippen LogP contribution in [0.25, 0.3) is 0 Å². The summed E-state index contributed by atoms with van der Waals surface area (Å²) < 4.78 is 0. The van der Waals surface area contributed by atoms with E-state index in [1.54, 1.807) is 27.7 Å². The van der Waals surface area contributed by atoms with Crippen molar-refractivity contribution < 1.29 is 108 Å². The third-order valence-electron chi connectivity index (χ3n) is 1.44. The minimum absolute atomic E-state index is 0.